The Bertz CT molecular complexity index is 865. The molecule has 0 saturated carbocycles. The number of nitriles is 1. The zero-order chi connectivity index (χ0) is 18.4. The summed E-state index contributed by atoms with van der Waals surface area (Å²) in [7, 11) is 3.29. The molecule has 0 atom stereocenters. The number of benzene rings is 2. The lowest BCUT2D eigenvalue weighted by atomic mass is 10.1. The predicted molar refractivity (Wildman–Crippen MR) is 93.1 cm³/mol. The van der Waals surface area contributed by atoms with E-state index in [-0.39, 0.29) is 11.5 Å². The van der Waals surface area contributed by atoms with Crippen LogP contribution in [-0.4, -0.2) is 30.8 Å². The molecule has 2 aromatic carbocycles. The minimum Gasteiger partial charge on any atom is -0.345 e. The van der Waals surface area contributed by atoms with Crippen LogP contribution in [0.1, 0.15) is 15.9 Å². The van der Waals surface area contributed by atoms with Crippen LogP contribution in [0.5, 0.6) is 0 Å². The highest BCUT2D eigenvalue weighted by Gasteiger charge is 2.11. The lowest BCUT2D eigenvalue weighted by molar-refractivity contribution is -0.112. The van der Waals surface area contributed by atoms with Crippen LogP contribution >= 0.6 is 0 Å². The normalized spacial score (nSPS) is 10.7. The Labute approximate surface area is 145 Å². The van der Waals surface area contributed by atoms with Gasteiger partial charge in [-0.15, -0.1) is 0 Å². The highest BCUT2D eigenvalue weighted by atomic mass is 19.1. The summed E-state index contributed by atoms with van der Waals surface area (Å²) in [5.74, 6) is -1.22. The Hall–Kier alpha value is -3.46. The fourth-order valence-electron chi connectivity index (χ4n) is 2.06. The summed E-state index contributed by atoms with van der Waals surface area (Å²) in [5.41, 5.74) is 1.19. The molecule has 0 fully saturated rings. The minimum absolute atomic E-state index is 0.151. The van der Waals surface area contributed by atoms with E-state index >= 15 is 0 Å². The van der Waals surface area contributed by atoms with E-state index in [1.54, 1.807) is 50.5 Å². The first-order valence-electron chi connectivity index (χ1n) is 7.41. The molecule has 126 valence electrons. The van der Waals surface area contributed by atoms with Crippen LogP contribution in [0, 0.1) is 17.1 Å². The maximum Gasteiger partial charge on any atom is 0.266 e. The smallest absolute Gasteiger partial charge is 0.266 e. The van der Waals surface area contributed by atoms with Gasteiger partial charge in [-0.05, 0) is 48.0 Å². The van der Waals surface area contributed by atoms with Gasteiger partial charge in [0.1, 0.15) is 17.5 Å². The molecule has 0 radical (unpaired) electrons. The monoisotopic (exact) mass is 337 g/mol. The first-order valence-corrected chi connectivity index (χ1v) is 7.41. The summed E-state index contributed by atoms with van der Waals surface area (Å²) in [6.45, 7) is 0. The second-order valence-corrected chi connectivity index (χ2v) is 5.46. The summed E-state index contributed by atoms with van der Waals surface area (Å²) in [4.78, 5) is 25.5. The number of hydrogen-bond acceptors (Lipinski definition) is 3. The van der Waals surface area contributed by atoms with Crippen molar-refractivity contribution in [2.24, 2.45) is 0 Å². The summed E-state index contributed by atoms with van der Waals surface area (Å²) in [6.07, 6.45) is 1.31. The van der Waals surface area contributed by atoms with E-state index in [1.165, 1.54) is 29.2 Å². The molecule has 2 aromatic rings. The van der Waals surface area contributed by atoms with Crippen molar-refractivity contribution in [2.45, 2.75) is 0 Å². The average Bonchev–Trinajstić information content (AvgIpc) is 2.59. The van der Waals surface area contributed by atoms with Crippen molar-refractivity contribution in [3.8, 4) is 6.07 Å². The van der Waals surface area contributed by atoms with Crippen LogP contribution in [-0.2, 0) is 4.79 Å². The lowest BCUT2D eigenvalue weighted by Gasteiger charge is -2.10. The quantitative estimate of drug-likeness (QED) is 0.688. The molecule has 0 aliphatic heterocycles. The van der Waals surface area contributed by atoms with E-state index in [0.717, 1.165) is 0 Å². The Morgan fingerprint density at radius 1 is 1.16 bits per heavy atom. The van der Waals surface area contributed by atoms with Gasteiger partial charge in [0.05, 0.1) is 0 Å². The highest BCUT2D eigenvalue weighted by molar-refractivity contribution is 6.09. The molecular weight excluding hydrogens is 321 g/mol. The van der Waals surface area contributed by atoms with Crippen molar-refractivity contribution >= 4 is 23.6 Å². The number of carbonyl (C=O) groups excluding carboxylic acids is 2. The number of rotatable bonds is 4. The van der Waals surface area contributed by atoms with E-state index in [0.29, 0.717) is 16.8 Å². The predicted octanol–water partition coefficient (Wildman–Crippen LogP) is 3.07. The highest BCUT2D eigenvalue weighted by Crippen LogP contribution is 2.14. The summed E-state index contributed by atoms with van der Waals surface area (Å²) < 4.78 is 13.2. The SMILES string of the molecule is CN(C)C(=O)c1ccc(NC(=O)/C(C#N)=C/c2cccc(F)c2)cc1. The third kappa shape index (κ3) is 4.75. The van der Waals surface area contributed by atoms with Crippen molar-refractivity contribution in [1.29, 1.82) is 5.26 Å². The van der Waals surface area contributed by atoms with Gasteiger partial charge >= 0.3 is 0 Å². The number of carbonyl (C=O) groups is 2. The molecule has 0 saturated heterocycles. The van der Waals surface area contributed by atoms with Gasteiger partial charge < -0.3 is 10.2 Å². The first-order chi connectivity index (χ1) is 11.9. The van der Waals surface area contributed by atoms with Gasteiger partial charge in [0, 0.05) is 25.3 Å². The molecule has 1 N–H and O–H groups in total. The van der Waals surface area contributed by atoms with Crippen molar-refractivity contribution in [3.05, 3.63) is 71.0 Å². The zero-order valence-electron chi connectivity index (χ0n) is 13.8. The van der Waals surface area contributed by atoms with Crippen LogP contribution in [0.25, 0.3) is 6.08 Å². The Morgan fingerprint density at radius 2 is 1.84 bits per heavy atom. The van der Waals surface area contributed by atoms with Crippen molar-refractivity contribution in [2.75, 3.05) is 19.4 Å². The maximum atomic E-state index is 13.2. The van der Waals surface area contributed by atoms with Crippen molar-refractivity contribution in [1.82, 2.24) is 4.90 Å². The lowest BCUT2D eigenvalue weighted by Crippen LogP contribution is -2.21. The summed E-state index contributed by atoms with van der Waals surface area (Å²) >= 11 is 0. The molecule has 0 aromatic heterocycles. The Morgan fingerprint density at radius 3 is 2.40 bits per heavy atom. The minimum atomic E-state index is -0.613. The Balaban J connectivity index is 2.15. The van der Waals surface area contributed by atoms with E-state index in [4.69, 9.17) is 5.26 Å². The number of anilines is 1. The first kappa shape index (κ1) is 17.9. The van der Waals surface area contributed by atoms with Crippen molar-refractivity contribution in [3.63, 3.8) is 0 Å². The van der Waals surface area contributed by atoms with E-state index in [1.807, 2.05) is 0 Å². The average molecular weight is 337 g/mol. The maximum absolute atomic E-state index is 13.2. The molecule has 0 heterocycles. The van der Waals surface area contributed by atoms with Crippen LogP contribution in [0.3, 0.4) is 0 Å². The molecule has 0 unspecified atom stereocenters. The summed E-state index contributed by atoms with van der Waals surface area (Å²) in [6, 6.07) is 13.7. The Kier molecular flexibility index (Phi) is 5.64. The van der Waals surface area contributed by atoms with Gasteiger partial charge in [-0.3, -0.25) is 9.59 Å². The molecule has 6 heteroatoms. The summed E-state index contributed by atoms with van der Waals surface area (Å²) in [5, 5.41) is 11.7. The van der Waals surface area contributed by atoms with Crippen LogP contribution in [0.4, 0.5) is 10.1 Å². The number of amides is 2. The molecule has 5 nitrogen and oxygen atoms in total. The van der Waals surface area contributed by atoms with Crippen molar-refractivity contribution < 1.29 is 14.0 Å². The third-order valence-electron chi connectivity index (χ3n) is 3.32. The van der Waals surface area contributed by atoms with Gasteiger partial charge in [0.25, 0.3) is 11.8 Å². The van der Waals surface area contributed by atoms with Gasteiger partial charge in [-0.2, -0.15) is 5.26 Å². The molecule has 0 aliphatic rings. The van der Waals surface area contributed by atoms with Crippen LogP contribution in [0.15, 0.2) is 54.1 Å². The van der Waals surface area contributed by atoms with Gasteiger partial charge in [-0.1, -0.05) is 12.1 Å². The second kappa shape index (κ2) is 7.88. The van der Waals surface area contributed by atoms with Gasteiger partial charge in [0.15, 0.2) is 0 Å². The standard InChI is InChI=1S/C19H16FN3O2/c1-23(2)19(25)14-6-8-17(9-7-14)22-18(24)15(12-21)10-13-4-3-5-16(20)11-13/h3-11H,1-2H3,(H,22,24)/b15-10+. The zero-order valence-corrected chi connectivity index (χ0v) is 13.8. The number of halogens is 1. The molecule has 0 bridgehead atoms. The number of nitrogens with one attached hydrogen (secondary N) is 1. The fraction of sp³-hybridized carbons (Fsp3) is 0.105. The van der Waals surface area contributed by atoms with Crippen LogP contribution in [0.2, 0.25) is 0 Å². The largest absolute Gasteiger partial charge is 0.345 e. The number of nitrogens with zero attached hydrogens (tertiary/aromatic N) is 2. The molecule has 0 spiro atoms. The third-order valence-corrected chi connectivity index (χ3v) is 3.32. The van der Waals surface area contributed by atoms with E-state index in [9.17, 15) is 14.0 Å². The molecule has 25 heavy (non-hydrogen) atoms. The van der Waals surface area contributed by atoms with E-state index < -0.39 is 11.7 Å². The molecule has 2 rings (SSSR count). The van der Waals surface area contributed by atoms with Crippen LogP contribution < -0.4 is 5.32 Å². The van der Waals surface area contributed by atoms with Gasteiger partial charge in [-0.25, -0.2) is 4.39 Å². The number of hydrogen-bond donors (Lipinski definition) is 1. The molecular formula is C19H16FN3O2. The molecule has 0 aliphatic carbocycles. The topological polar surface area (TPSA) is 73.2 Å². The van der Waals surface area contributed by atoms with E-state index in [2.05, 4.69) is 5.32 Å². The molecule has 2 amide bonds. The fourth-order valence-corrected chi connectivity index (χ4v) is 2.06. The van der Waals surface area contributed by atoms with Gasteiger partial charge in [0.2, 0.25) is 0 Å². The second-order valence-electron chi connectivity index (χ2n) is 5.46.